The largest absolute Gasteiger partial charge is 0.748 e. The monoisotopic (exact) mass is 1520 g/mol. The molecule has 542 valence electrons. The van der Waals surface area contributed by atoms with E-state index < -0.39 is 40.5 Å². The van der Waals surface area contributed by atoms with Crippen molar-refractivity contribution in [2.24, 2.45) is 0 Å². The Morgan fingerprint density at radius 2 is 0.740 bits per heavy atom. The highest BCUT2D eigenvalue weighted by Crippen LogP contribution is 2.47. The molecule has 0 amide bonds. The van der Waals surface area contributed by atoms with E-state index in [2.05, 4.69) is 284 Å². The summed E-state index contributed by atoms with van der Waals surface area (Å²) < 4.78 is 121. The van der Waals surface area contributed by atoms with Crippen LogP contribution in [0.5, 0.6) is 0 Å². The molecule has 12 rings (SSSR count). The lowest BCUT2D eigenvalue weighted by molar-refractivity contribution is -0.786. The molecule has 4 heterocycles. The van der Waals surface area contributed by atoms with Crippen molar-refractivity contribution in [2.45, 2.75) is 27.0 Å². The van der Waals surface area contributed by atoms with Crippen LogP contribution in [-0.2, 0) is 40.5 Å². The van der Waals surface area contributed by atoms with Crippen molar-refractivity contribution in [2.75, 3.05) is 161 Å². The average Bonchev–Trinajstić information content (AvgIpc) is 0.811. The molecule has 0 radical (unpaired) electrons. The number of aromatic nitrogens is 2. The second kappa shape index (κ2) is 36.9. The van der Waals surface area contributed by atoms with Gasteiger partial charge in [-0.1, -0.05) is 30.9 Å². The number of nitrogens with zero attached hydrogens (tertiary/aromatic N) is 7. The van der Waals surface area contributed by atoms with Gasteiger partial charge in [-0.25, -0.2) is 52.8 Å². The highest BCUT2D eigenvalue weighted by Gasteiger charge is 2.20. The molecule has 0 atom stereocenters. The molecule has 0 saturated carbocycles. The number of hydrogen-bond donors (Lipinski definition) is 5. The first-order valence-corrected chi connectivity index (χ1v) is 40.4. The highest BCUT2D eigenvalue weighted by atomic mass is 32.2. The number of hydrogen-bond acceptors (Lipinski definition) is 24. The van der Waals surface area contributed by atoms with E-state index in [4.69, 9.17) is 63.2 Å². The number of anilines is 8. The first kappa shape index (κ1) is 83.1. The Kier molecular flexibility index (Phi) is 30.7. The Hall–Kier alpha value is -7.54. The second-order valence-corrected chi connectivity index (χ2v) is 33.8. The third-order valence-electron chi connectivity index (χ3n) is 13.6. The minimum atomic E-state index is -3.92. The van der Waals surface area contributed by atoms with Crippen LogP contribution in [0.2, 0.25) is 0 Å². The Morgan fingerprint density at radius 3 is 1.06 bits per heavy atom. The standard InChI is InChI=1S/C16H19N3S.2C16H18N3S.C15H17N3S.4CH4O3S.CH4/c3*1-18(2)11-5-7-13-15(9-11)20-16-10-12(19(3)4)6-8-14(16)17-13;1-16-10-4-6-12-14(8-10)19-15-9-11(18(2)3)5-7-13(15)17-12;4*1-5(2,3)4;/h5-10,17H,1-4H3;2*5-10H,1-4H3;4-9,16-17H,1-3H3;4*1H3,(H,2,3,4);1H4/q;2*+1;;;;;;/p-2/i;;;;;;;;1T. The first-order valence-electron chi connectivity index (χ1n) is 30.9. The van der Waals surface area contributed by atoms with Gasteiger partial charge in [-0.3, -0.25) is 0 Å². The Bertz CT molecular complexity index is 4690. The topological polar surface area (TPSA) is 315 Å². The predicted octanol–water partition coefficient (Wildman–Crippen LogP) is 7.73. The maximum absolute atomic E-state index is 9.08. The van der Waals surface area contributed by atoms with Crippen LogP contribution in [0.4, 0.5) is 56.9 Å². The van der Waals surface area contributed by atoms with Gasteiger partial charge < -0.3 is 58.7 Å². The van der Waals surface area contributed by atoms with E-state index in [1.807, 2.05) is 30.6 Å². The molecule has 6 aromatic carbocycles. The van der Waals surface area contributed by atoms with Crippen molar-refractivity contribution in [3.8, 4) is 21.1 Å². The molecule has 5 N–H and O–H groups in total. The summed E-state index contributed by atoms with van der Waals surface area (Å²) in [6, 6.07) is 51.8. The zero-order valence-electron chi connectivity index (χ0n) is 60.7. The fraction of sp³-hybridized carbons (Fsp3) is 0.294. The molecular weight excluding hydrogens is 1430 g/mol. The zero-order chi connectivity index (χ0) is 76.2. The summed E-state index contributed by atoms with van der Waals surface area (Å²) in [4.78, 5) is 26.2. The van der Waals surface area contributed by atoms with Gasteiger partial charge in [0.25, 0.3) is 0 Å². The summed E-state index contributed by atoms with van der Waals surface area (Å²) in [5.41, 5.74) is 16.4. The van der Waals surface area contributed by atoms with E-state index in [-0.39, 0.29) is 0 Å². The SMILES string of the molecule is CN(C)c1ccc2nc3ccc(=[N+](C)C)cc-3sc2c1.CN(C)c1ccc2nc3ccc(=[N+](C)C)cc-3sc2c1.CNc1ccc2c(c1)Sc1cc(N(C)C)ccc1N2.CS(=O)(=O)[O-].CS(=O)(=O)[O-].CS(=O)(=O)[O-].CS(=O)(=O)[O-].C[NH+](C)c1ccc2c(c1)Sc1cc([NH+](C)C)ccc1N2.[3H]C. The molecule has 6 aromatic rings. The van der Waals surface area contributed by atoms with Crippen molar-refractivity contribution in [1.29, 1.82) is 0 Å². The third kappa shape index (κ3) is 28.8. The molecule has 4 aliphatic heterocycles. The summed E-state index contributed by atoms with van der Waals surface area (Å²) in [6.45, 7) is 0. The number of nitrogens with one attached hydrogen (secondary N) is 5. The van der Waals surface area contributed by atoms with Crippen molar-refractivity contribution in [1.82, 2.24) is 19.1 Å². The molecule has 24 nitrogen and oxygen atoms in total. The van der Waals surface area contributed by atoms with Crippen molar-refractivity contribution in [3.63, 3.8) is 0 Å². The van der Waals surface area contributed by atoms with E-state index in [9.17, 15) is 0 Å². The van der Waals surface area contributed by atoms with Crippen LogP contribution in [0.25, 0.3) is 41.6 Å². The van der Waals surface area contributed by atoms with E-state index in [0.29, 0.717) is 25.0 Å². The van der Waals surface area contributed by atoms with Crippen LogP contribution in [0, 0.1) is 0 Å². The number of benzene rings is 8. The maximum Gasteiger partial charge on any atom is 0.201 e. The smallest absolute Gasteiger partial charge is 0.201 e. The van der Waals surface area contributed by atoms with E-state index in [1.54, 1.807) is 22.7 Å². The van der Waals surface area contributed by atoms with Crippen LogP contribution >= 0.6 is 46.2 Å². The zero-order valence-corrected chi connectivity index (χ0v) is 66.2. The molecule has 0 saturated heterocycles. The average molecular weight is 1530 g/mol. The molecule has 0 unspecified atom stereocenters. The lowest BCUT2D eigenvalue weighted by Gasteiger charge is -2.23. The van der Waals surface area contributed by atoms with Gasteiger partial charge in [-0.05, 0) is 97.1 Å². The Morgan fingerprint density at radius 1 is 0.440 bits per heavy atom. The molecule has 0 bridgehead atoms. The van der Waals surface area contributed by atoms with Gasteiger partial charge in [-0.2, -0.15) is 0 Å². The van der Waals surface area contributed by atoms with Crippen LogP contribution < -0.4 is 60.3 Å². The van der Waals surface area contributed by atoms with E-state index >= 15 is 0 Å². The summed E-state index contributed by atoms with van der Waals surface area (Å²) in [7, 11) is 16.8. The molecule has 32 heteroatoms. The van der Waals surface area contributed by atoms with E-state index in [1.165, 1.54) is 118 Å². The Labute approximate surface area is 607 Å². The van der Waals surface area contributed by atoms with Crippen LogP contribution in [0.15, 0.2) is 165 Å². The minimum Gasteiger partial charge on any atom is -0.748 e. The summed E-state index contributed by atoms with van der Waals surface area (Å²) in [6.07, 6.45) is 2.42. The molecule has 0 fully saturated rings. The summed E-state index contributed by atoms with van der Waals surface area (Å²) in [5, 5.41) is 12.6. The molecular formula is C68H90N12O12S8. The lowest BCUT2D eigenvalue weighted by Crippen LogP contribution is -3.00. The van der Waals surface area contributed by atoms with Gasteiger partial charge in [0.15, 0.2) is 0 Å². The van der Waals surface area contributed by atoms with Gasteiger partial charge in [-0.15, -0.1) is 22.7 Å². The fourth-order valence-electron chi connectivity index (χ4n) is 8.73. The third-order valence-corrected chi connectivity index (χ3v) is 18.0. The van der Waals surface area contributed by atoms with Gasteiger partial charge in [0.2, 0.25) is 10.7 Å². The normalized spacial score (nSPS) is 11.7. The predicted molar refractivity (Wildman–Crippen MR) is 414 cm³/mol. The molecule has 0 aromatic heterocycles. The molecule has 100 heavy (non-hydrogen) atoms. The molecule has 6 aliphatic rings. The van der Waals surface area contributed by atoms with Crippen molar-refractivity contribution >= 4 is 164 Å². The molecule has 2 aliphatic carbocycles. The number of fused-ring (bicyclic) bond motifs is 8. The van der Waals surface area contributed by atoms with Crippen LogP contribution in [0.3, 0.4) is 0 Å². The first-order chi connectivity index (χ1) is 46.8. The minimum absolute atomic E-state index is 0.604. The summed E-state index contributed by atoms with van der Waals surface area (Å²) in [5.74, 6) is 0. The van der Waals surface area contributed by atoms with Crippen molar-refractivity contribution in [3.05, 3.63) is 156 Å². The quantitative estimate of drug-likeness (QED) is 0.0604. The fourth-order valence-corrected chi connectivity index (χ4v) is 12.9. The maximum atomic E-state index is 9.08. The Balaban J connectivity index is 0.000000260. The van der Waals surface area contributed by atoms with Crippen LogP contribution in [0.1, 0.15) is 8.77 Å². The van der Waals surface area contributed by atoms with E-state index in [0.717, 1.165) is 28.1 Å². The van der Waals surface area contributed by atoms with Crippen molar-refractivity contribution < 1.29 is 63.1 Å². The van der Waals surface area contributed by atoms with Gasteiger partial charge in [0.1, 0.15) is 39.6 Å². The van der Waals surface area contributed by atoms with Gasteiger partial charge in [0.05, 0.1) is 133 Å². The highest BCUT2D eigenvalue weighted by molar-refractivity contribution is 8.00. The number of rotatable bonds is 6. The van der Waals surface area contributed by atoms with Gasteiger partial charge >= 0.3 is 0 Å². The number of quaternary nitrogens is 2. The van der Waals surface area contributed by atoms with Crippen LogP contribution in [-0.4, -0.2) is 193 Å². The van der Waals surface area contributed by atoms with Gasteiger partial charge in [0, 0.05) is 167 Å². The molecule has 0 spiro atoms. The second-order valence-electron chi connectivity index (χ2n) is 23.8. The lowest BCUT2D eigenvalue weighted by atomic mass is 10.2. The summed E-state index contributed by atoms with van der Waals surface area (Å²) >= 11 is 7.27.